The third-order valence-electron chi connectivity index (χ3n) is 3.39. The van der Waals surface area contributed by atoms with Gasteiger partial charge in [0.25, 0.3) is 0 Å². The quantitative estimate of drug-likeness (QED) is 0.770. The van der Waals surface area contributed by atoms with Crippen molar-refractivity contribution >= 4 is 11.8 Å². The summed E-state index contributed by atoms with van der Waals surface area (Å²) in [5.41, 5.74) is 1.66. The lowest BCUT2D eigenvalue weighted by molar-refractivity contribution is 0.0601. The number of methoxy groups -OCH3 is 1. The second kappa shape index (κ2) is 5.85. The van der Waals surface area contributed by atoms with Crippen LogP contribution in [0.3, 0.4) is 0 Å². The Kier molecular flexibility index (Phi) is 4.18. The second-order valence-corrected chi connectivity index (χ2v) is 4.61. The van der Waals surface area contributed by atoms with Crippen LogP contribution < -0.4 is 4.90 Å². The lowest BCUT2D eigenvalue weighted by atomic mass is 10.1. The highest BCUT2D eigenvalue weighted by Crippen LogP contribution is 2.23. The molecule has 1 aliphatic rings. The zero-order chi connectivity index (χ0) is 13.0. The fourth-order valence-electron chi connectivity index (χ4n) is 2.31. The van der Waals surface area contributed by atoms with E-state index < -0.39 is 0 Å². The molecule has 98 valence electrons. The summed E-state index contributed by atoms with van der Waals surface area (Å²) in [7, 11) is 1.42. The zero-order valence-electron chi connectivity index (χ0n) is 11.1. The standard InChI is InChI=1S/C14H20N2O2/c1-3-11-9-12(14(17)18-2)13(15-10-11)16-7-5-4-6-8-16/h9-10H,3-8H2,1-2H3. The van der Waals surface area contributed by atoms with Gasteiger partial charge in [-0.25, -0.2) is 9.78 Å². The Labute approximate surface area is 108 Å². The minimum Gasteiger partial charge on any atom is -0.465 e. The van der Waals surface area contributed by atoms with Crippen LogP contribution in [0.1, 0.15) is 42.1 Å². The van der Waals surface area contributed by atoms with Crippen molar-refractivity contribution in [2.75, 3.05) is 25.1 Å². The number of aromatic nitrogens is 1. The van der Waals surface area contributed by atoms with E-state index in [1.807, 2.05) is 12.3 Å². The largest absolute Gasteiger partial charge is 0.465 e. The monoisotopic (exact) mass is 248 g/mol. The highest BCUT2D eigenvalue weighted by atomic mass is 16.5. The third-order valence-corrected chi connectivity index (χ3v) is 3.39. The first kappa shape index (κ1) is 12.9. The van der Waals surface area contributed by atoms with Crippen molar-refractivity contribution < 1.29 is 9.53 Å². The van der Waals surface area contributed by atoms with Crippen molar-refractivity contribution in [3.63, 3.8) is 0 Å². The number of aryl methyl sites for hydroxylation is 1. The molecular weight excluding hydrogens is 228 g/mol. The van der Waals surface area contributed by atoms with E-state index in [0.717, 1.165) is 43.7 Å². The molecule has 1 saturated heterocycles. The molecule has 1 aliphatic heterocycles. The Bertz CT molecular complexity index is 426. The van der Waals surface area contributed by atoms with Crippen molar-refractivity contribution in [3.05, 3.63) is 23.4 Å². The highest BCUT2D eigenvalue weighted by Gasteiger charge is 2.20. The molecule has 1 aromatic rings. The van der Waals surface area contributed by atoms with Crippen LogP contribution in [0, 0.1) is 0 Å². The molecule has 0 atom stereocenters. The van der Waals surface area contributed by atoms with Gasteiger partial charge in [0, 0.05) is 19.3 Å². The van der Waals surface area contributed by atoms with Crippen LogP contribution in [-0.4, -0.2) is 31.2 Å². The van der Waals surface area contributed by atoms with E-state index in [4.69, 9.17) is 4.74 Å². The van der Waals surface area contributed by atoms with Crippen LogP contribution >= 0.6 is 0 Å². The van der Waals surface area contributed by atoms with Gasteiger partial charge in [0.15, 0.2) is 0 Å². The average Bonchev–Trinajstić information content (AvgIpc) is 2.46. The van der Waals surface area contributed by atoms with E-state index in [2.05, 4.69) is 16.8 Å². The molecule has 0 aromatic carbocycles. The lowest BCUT2D eigenvalue weighted by Crippen LogP contribution is -2.31. The summed E-state index contributed by atoms with van der Waals surface area (Å²) in [6.07, 6.45) is 6.32. The minimum atomic E-state index is -0.293. The summed E-state index contributed by atoms with van der Waals surface area (Å²) in [5, 5.41) is 0. The van der Waals surface area contributed by atoms with Gasteiger partial charge in [-0.05, 0) is 37.3 Å². The molecule has 2 rings (SSSR count). The molecule has 0 spiro atoms. The molecule has 0 radical (unpaired) electrons. The molecule has 2 heterocycles. The van der Waals surface area contributed by atoms with E-state index in [0.29, 0.717) is 5.56 Å². The molecule has 0 bridgehead atoms. The maximum Gasteiger partial charge on any atom is 0.341 e. The van der Waals surface area contributed by atoms with Gasteiger partial charge in [-0.1, -0.05) is 6.92 Å². The SMILES string of the molecule is CCc1cnc(N2CCCCC2)c(C(=O)OC)c1. The Morgan fingerprint density at radius 1 is 1.39 bits per heavy atom. The summed E-state index contributed by atoms with van der Waals surface area (Å²) in [6, 6.07) is 1.91. The summed E-state index contributed by atoms with van der Waals surface area (Å²) in [6.45, 7) is 4.00. The summed E-state index contributed by atoms with van der Waals surface area (Å²) < 4.78 is 4.86. The van der Waals surface area contributed by atoms with Crippen molar-refractivity contribution in [1.82, 2.24) is 4.98 Å². The molecule has 0 N–H and O–H groups in total. The Hall–Kier alpha value is -1.58. The molecule has 1 fully saturated rings. The van der Waals surface area contributed by atoms with Crippen LogP contribution in [0.4, 0.5) is 5.82 Å². The molecular formula is C14H20N2O2. The molecule has 4 heteroatoms. The first-order valence-corrected chi connectivity index (χ1v) is 6.58. The minimum absolute atomic E-state index is 0.293. The smallest absolute Gasteiger partial charge is 0.341 e. The number of hydrogen-bond acceptors (Lipinski definition) is 4. The first-order chi connectivity index (χ1) is 8.76. The van der Waals surface area contributed by atoms with Gasteiger partial charge in [-0.15, -0.1) is 0 Å². The highest BCUT2D eigenvalue weighted by molar-refractivity contribution is 5.95. The number of nitrogens with zero attached hydrogens (tertiary/aromatic N) is 2. The number of carbonyl (C=O) groups is 1. The van der Waals surface area contributed by atoms with Crippen molar-refractivity contribution in [2.24, 2.45) is 0 Å². The van der Waals surface area contributed by atoms with E-state index in [9.17, 15) is 4.79 Å². The van der Waals surface area contributed by atoms with Crippen LogP contribution in [0.15, 0.2) is 12.3 Å². The number of anilines is 1. The molecule has 4 nitrogen and oxygen atoms in total. The lowest BCUT2D eigenvalue weighted by Gasteiger charge is -2.29. The number of hydrogen-bond donors (Lipinski definition) is 0. The Balaban J connectivity index is 2.35. The summed E-state index contributed by atoms with van der Waals surface area (Å²) >= 11 is 0. The van der Waals surface area contributed by atoms with Crippen LogP contribution in [-0.2, 0) is 11.2 Å². The Morgan fingerprint density at radius 2 is 2.11 bits per heavy atom. The first-order valence-electron chi connectivity index (χ1n) is 6.58. The second-order valence-electron chi connectivity index (χ2n) is 4.61. The number of ether oxygens (including phenoxy) is 1. The normalized spacial score (nSPS) is 15.6. The van der Waals surface area contributed by atoms with E-state index in [1.54, 1.807) is 0 Å². The number of pyridine rings is 1. The molecule has 0 aliphatic carbocycles. The van der Waals surface area contributed by atoms with E-state index >= 15 is 0 Å². The van der Waals surface area contributed by atoms with Gasteiger partial charge >= 0.3 is 5.97 Å². The van der Waals surface area contributed by atoms with Gasteiger partial charge in [0.2, 0.25) is 0 Å². The predicted octanol–water partition coefficient (Wildman–Crippen LogP) is 2.42. The Morgan fingerprint density at radius 3 is 2.72 bits per heavy atom. The number of rotatable bonds is 3. The fourth-order valence-corrected chi connectivity index (χ4v) is 2.31. The van der Waals surface area contributed by atoms with Crippen molar-refractivity contribution in [1.29, 1.82) is 0 Å². The van der Waals surface area contributed by atoms with Crippen LogP contribution in [0.5, 0.6) is 0 Å². The van der Waals surface area contributed by atoms with Crippen LogP contribution in [0.2, 0.25) is 0 Å². The molecule has 0 saturated carbocycles. The molecule has 0 amide bonds. The summed E-state index contributed by atoms with van der Waals surface area (Å²) in [5.74, 6) is 0.483. The van der Waals surface area contributed by atoms with E-state index in [-0.39, 0.29) is 5.97 Å². The van der Waals surface area contributed by atoms with Gasteiger partial charge in [0.05, 0.1) is 7.11 Å². The maximum absolute atomic E-state index is 11.9. The maximum atomic E-state index is 11.9. The number of carbonyl (C=O) groups excluding carboxylic acids is 1. The van der Waals surface area contributed by atoms with Gasteiger partial charge in [0.1, 0.15) is 11.4 Å². The number of piperidine rings is 1. The van der Waals surface area contributed by atoms with Gasteiger partial charge in [-0.3, -0.25) is 0 Å². The molecule has 0 unspecified atom stereocenters. The van der Waals surface area contributed by atoms with Gasteiger partial charge in [-0.2, -0.15) is 0 Å². The third kappa shape index (κ3) is 2.63. The molecule has 18 heavy (non-hydrogen) atoms. The van der Waals surface area contributed by atoms with Gasteiger partial charge < -0.3 is 9.64 Å². The van der Waals surface area contributed by atoms with Crippen LogP contribution in [0.25, 0.3) is 0 Å². The van der Waals surface area contributed by atoms with E-state index in [1.165, 1.54) is 13.5 Å². The van der Waals surface area contributed by atoms with Crippen molar-refractivity contribution in [2.45, 2.75) is 32.6 Å². The summed E-state index contributed by atoms with van der Waals surface area (Å²) in [4.78, 5) is 18.5. The fraction of sp³-hybridized carbons (Fsp3) is 0.571. The topological polar surface area (TPSA) is 42.4 Å². The predicted molar refractivity (Wildman–Crippen MR) is 71.0 cm³/mol. The average molecular weight is 248 g/mol. The number of esters is 1. The van der Waals surface area contributed by atoms with Crippen molar-refractivity contribution in [3.8, 4) is 0 Å². The molecule has 1 aromatic heterocycles. The zero-order valence-corrected chi connectivity index (χ0v) is 11.1.